The Morgan fingerprint density at radius 3 is 2.27 bits per heavy atom. The van der Waals surface area contributed by atoms with Gasteiger partial charge in [0, 0.05) is 28.9 Å². The summed E-state index contributed by atoms with van der Waals surface area (Å²) in [6, 6.07) is 15.8. The summed E-state index contributed by atoms with van der Waals surface area (Å²) >= 11 is 3.47. The molecule has 0 fully saturated rings. The molecule has 0 unspecified atom stereocenters. The molecule has 0 atom stereocenters. The van der Waals surface area contributed by atoms with E-state index in [1.54, 1.807) is 0 Å². The Bertz CT molecular complexity index is 621. The second-order valence-corrected chi connectivity index (χ2v) is 5.89. The van der Waals surface area contributed by atoms with Gasteiger partial charge in [-0.3, -0.25) is 4.79 Å². The summed E-state index contributed by atoms with van der Waals surface area (Å²) in [5, 5.41) is 2.94. The molecule has 0 aromatic heterocycles. The number of carbonyl (C=O) groups excluding carboxylic acids is 1. The van der Waals surface area contributed by atoms with Crippen LogP contribution in [-0.2, 0) is 11.2 Å². The van der Waals surface area contributed by atoms with E-state index >= 15 is 0 Å². The molecule has 0 aliphatic heterocycles. The fourth-order valence-electron chi connectivity index (χ4n) is 2.36. The Kier molecular flexibility index (Phi) is 6.01. The first-order valence-electron chi connectivity index (χ1n) is 7.52. The van der Waals surface area contributed by atoms with Crippen LogP contribution in [0.15, 0.2) is 53.0 Å². The van der Waals surface area contributed by atoms with Crippen molar-refractivity contribution < 1.29 is 4.79 Å². The molecule has 0 spiro atoms. The highest BCUT2D eigenvalue weighted by atomic mass is 79.9. The highest BCUT2D eigenvalue weighted by Gasteiger charge is 2.07. The van der Waals surface area contributed by atoms with Crippen LogP contribution in [0.25, 0.3) is 0 Å². The summed E-state index contributed by atoms with van der Waals surface area (Å²) in [6.45, 7) is 6.22. The Hall–Kier alpha value is -1.81. The van der Waals surface area contributed by atoms with E-state index in [-0.39, 0.29) is 5.91 Å². The van der Waals surface area contributed by atoms with Crippen LogP contribution in [0.4, 0.5) is 11.4 Å². The molecule has 2 aromatic rings. The van der Waals surface area contributed by atoms with Crippen molar-refractivity contribution in [1.82, 2.24) is 0 Å². The molecule has 2 aromatic carbocycles. The molecule has 0 heterocycles. The van der Waals surface area contributed by atoms with Crippen LogP contribution >= 0.6 is 15.9 Å². The molecule has 0 saturated heterocycles. The number of hydrogen-bond donors (Lipinski definition) is 1. The number of halogens is 1. The minimum Gasteiger partial charge on any atom is -0.372 e. The Morgan fingerprint density at radius 1 is 1.05 bits per heavy atom. The van der Waals surface area contributed by atoms with Gasteiger partial charge in [0.1, 0.15) is 0 Å². The van der Waals surface area contributed by atoms with E-state index in [2.05, 4.69) is 40.0 Å². The van der Waals surface area contributed by atoms with Crippen LogP contribution in [0.2, 0.25) is 0 Å². The van der Waals surface area contributed by atoms with Gasteiger partial charge in [-0.1, -0.05) is 34.1 Å². The summed E-state index contributed by atoms with van der Waals surface area (Å²) < 4.78 is 0.960. The molecule has 116 valence electrons. The summed E-state index contributed by atoms with van der Waals surface area (Å²) in [4.78, 5) is 14.4. The lowest BCUT2D eigenvalue weighted by Gasteiger charge is -2.21. The van der Waals surface area contributed by atoms with Crippen LogP contribution in [0, 0.1) is 0 Å². The average Bonchev–Trinajstić information content (AvgIpc) is 2.52. The van der Waals surface area contributed by atoms with Crippen molar-refractivity contribution >= 4 is 33.2 Å². The molecule has 0 bridgehead atoms. The highest BCUT2D eigenvalue weighted by Crippen LogP contribution is 2.19. The SMILES string of the molecule is CCN(CC)c1ccc(NC(=O)Cc2ccccc2Br)cc1. The minimum atomic E-state index is -0.0116. The molecule has 3 nitrogen and oxygen atoms in total. The molecule has 0 aliphatic carbocycles. The zero-order valence-electron chi connectivity index (χ0n) is 13.0. The maximum absolute atomic E-state index is 12.1. The second kappa shape index (κ2) is 7.99. The molecule has 4 heteroatoms. The van der Waals surface area contributed by atoms with Crippen molar-refractivity contribution in [3.05, 3.63) is 58.6 Å². The van der Waals surface area contributed by atoms with E-state index in [4.69, 9.17) is 0 Å². The third kappa shape index (κ3) is 4.34. The predicted molar refractivity (Wildman–Crippen MR) is 96.5 cm³/mol. The number of benzene rings is 2. The van der Waals surface area contributed by atoms with Crippen molar-refractivity contribution in [2.75, 3.05) is 23.3 Å². The van der Waals surface area contributed by atoms with Crippen LogP contribution in [0.1, 0.15) is 19.4 Å². The molecule has 0 radical (unpaired) electrons. The fourth-order valence-corrected chi connectivity index (χ4v) is 2.79. The fraction of sp³-hybridized carbons (Fsp3) is 0.278. The lowest BCUT2D eigenvalue weighted by Crippen LogP contribution is -2.21. The number of carbonyl (C=O) groups is 1. The first kappa shape index (κ1) is 16.6. The number of nitrogens with one attached hydrogen (secondary N) is 1. The number of nitrogens with zero attached hydrogens (tertiary/aromatic N) is 1. The van der Waals surface area contributed by atoms with E-state index in [1.165, 1.54) is 5.69 Å². The first-order chi connectivity index (χ1) is 10.6. The Balaban J connectivity index is 1.99. The number of hydrogen-bond acceptors (Lipinski definition) is 2. The molecular weight excluding hydrogens is 340 g/mol. The van der Waals surface area contributed by atoms with Crippen molar-refractivity contribution in [2.24, 2.45) is 0 Å². The van der Waals surface area contributed by atoms with Crippen molar-refractivity contribution in [1.29, 1.82) is 0 Å². The van der Waals surface area contributed by atoms with Gasteiger partial charge in [-0.15, -0.1) is 0 Å². The first-order valence-corrected chi connectivity index (χ1v) is 8.31. The summed E-state index contributed by atoms with van der Waals surface area (Å²) in [5.41, 5.74) is 2.99. The topological polar surface area (TPSA) is 32.3 Å². The molecule has 1 N–H and O–H groups in total. The average molecular weight is 361 g/mol. The molecule has 1 amide bonds. The molecule has 0 saturated carbocycles. The van der Waals surface area contributed by atoms with E-state index in [9.17, 15) is 4.79 Å². The van der Waals surface area contributed by atoms with E-state index in [1.807, 2.05) is 48.5 Å². The Morgan fingerprint density at radius 2 is 1.68 bits per heavy atom. The molecule has 22 heavy (non-hydrogen) atoms. The zero-order chi connectivity index (χ0) is 15.9. The highest BCUT2D eigenvalue weighted by molar-refractivity contribution is 9.10. The van der Waals surface area contributed by atoms with Crippen molar-refractivity contribution in [3.8, 4) is 0 Å². The van der Waals surface area contributed by atoms with Crippen LogP contribution in [-0.4, -0.2) is 19.0 Å². The molecular formula is C18H21BrN2O. The van der Waals surface area contributed by atoms with E-state index in [0.717, 1.165) is 28.8 Å². The van der Waals surface area contributed by atoms with Gasteiger partial charge >= 0.3 is 0 Å². The normalized spacial score (nSPS) is 10.3. The Labute approximate surface area is 140 Å². The minimum absolute atomic E-state index is 0.0116. The summed E-state index contributed by atoms with van der Waals surface area (Å²) in [7, 11) is 0. The van der Waals surface area contributed by atoms with Gasteiger partial charge in [0.25, 0.3) is 0 Å². The third-order valence-corrected chi connectivity index (χ3v) is 4.36. The smallest absolute Gasteiger partial charge is 0.228 e. The van der Waals surface area contributed by atoms with E-state index < -0.39 is 0 Å². The largest absolute Gasteiger partial charge is 0.372 e. The lowest BCUT2D eigenvalue weighted by molar-refractivity contribution is -0.115. The van der Waals surface area contributed by atoms with E-state index in [0.29, 0.717) is 6.42 Å². The van der Waals surface area contributed by atoms with Gasteiger partial charge in [0.15, 0.2) is 0 Å². The third-order valence-electron chi connectivity index (χ3n) is 3.59. The predicted octanol–water partition coefficient (Wildman–Crippen LogP) is 4.48. The lowest BCUT2D eigenvalue weighted by atomic mass is 10.1. The maximum Gasteiger partial charge on any atom is 0.228 e. The standard InChI is InChI=1S/C18H21BrN2O/c1-3-21(4-2)16-11-9-15(10-12-16)20-18(22)13-14-7-5-6-8-17(14)19/h5-12H,3-4,13H2,1-2H3,(H,20,22). The number of anilines is 2. The number of amides is 1. The quantitative estimate of drug-likeness (QED) is 0.823. The number of rotatable bonds is 6. The second-order valence-electron chi connectivity index (χ2n) is 5.04. The summed E-state index contributed by atoms with van der Waals surface area (Å²) in [6.07, 6.45) is 0.360. The molecule has 0 aliphatic rings. The van der Waals surface area contributed by atoms with Gasteiger partial charge in [0.2, 0.25) is 5.91 Å². The van der Waals surface area contributed by atoms with Gasteiger partial charge in [0.05, 0.1) is 6.42 Å². The van der Waals surface area contributed by atoms with Crippen LogP contribution < -0.4 is 10.2 Å². The zero-order valence-corrected chi connectivity index (χ0v) is 14.6. The summed E-state index contributed by atoms with van der Waals surface area (Å²) in [5.74, 6) is -0.0116. The van der Waals surface area contributed by atoms with Crippen molar-refractivity contribution in [2.45, 2.75) is 20.3 Å². The molecule has 2 rings (SSSR count). The van der Waals surface area contributed by atoms with Gasteiger partial charge in [-0.2, -0.15) is 0 Å². The maximum atomic E-state index is 12.1. The monoisotopic (exact) mass is 360 g/mol. The van der Waals surface area contributed by atoms with Crippen LogP contribution in [0.3, 0.4) is 0 Å². The van der Waals surface area contributed by atoms with Gasteiger partial charge in [-0.05, 0) is 49.7 Å². The van der Waals surface area contributed by atoms with Gasteiger partial charge < -0.3 is 10.2 Å². The van der Waals surface area contributed by atoms with Crippen molar-refractivity contribution in [3.63, 3.8) is 0 Å². The van der Waals surface area contributed by atoms with Gasteiger partial charge in [-0.25, -0.2) is 0 Å². The van der Waals surface area contributed by atoms with Crippen LogP contribution in [0.5, 0.6) is 0 Å².